The SMILES string of the molecule is CCCCCCC(C)CCCCCCCCCCCCCCC(=O)SCCNC(=O)CCNC(=O)C(O)C(C)(C)COP(=O)(O)OP(=O)(O)OCC1OC(n2cnc3c(N)ncnc32)C(O)C1OP(=O)(O)O. The Kier molecular flexibility index (Phi) is 28.6. The summed E-state index contributed by atoms with van der Waals surface area (Å²) >= 11 is 1.16. The van der Waals surface area contributed by atoms with Gasteiger partial charge in [0.1, 0.15) is 36.3 Å². The van der Waals surface area contributed by atoms with Crippen LogP contribution < -0.4 is 16.4 Å². The van der Waals surface area contributed by atoms with E-state index in [9.17, 15) is 57.9 Å². The van der Waals surface area contributed by atoms with Gasteiger partial charge in [-0.05, 0) is 12.3 Å². The lowest BCUT2D eigenvalue weighted by Gasteiger charge is -2.30. The number of ether oxygens (including phenoxy) is 1. The number of aliphatic hydroxyl groups is 2. The highest BCUT2D eigenvalue weighted by Gasteiger charge is 2.50. The molecule has 72 heavy (non-hydrogen) atoms. The highest BCUT2D eigenvalue weighted by Crippen LogP contribution is 2.61. The molecule has 0 aliphatic carbocycles. The largest absolute Gasteiger partial charge is 0.481 e. The molecule has 0 aromatic carbocycles. The molecule has 0 radical (unpaired) electrons. The number of carbonyl (C=O) groups is 3. The third kappa shape index (κ3) is 24.5. The van der Waals surface area contributed by atoms with Crippen LogP contribution in [-0.2, 0) is 50.7 Å². The number of hydrogen-bond donors (Lipinski definition) is 9. The van der Waals surface area contributed by atoms with Crippen molar-refractivity contribution in [3.05, 3.63) is 12.7 Å². The van der Waals surface area contributed by atoms with Crippen molar-refractivity contribution in [2.45, 2.75) is 187 Å². The summed E-state index contributed by atoms with van der Waals surface area (Å²) in [6.07, 6.45) is 16.5. The second-order valence-electron chi connectivity index (χ2n) is 19.0. The molecule has 0 saturated carbocycles. The van der Waals surface area contributed by atoms with E-state index in [0.717, 1.165) is 54.2 Å². The first-order chi connectivity index (χ1) is 33.9. The summed E-state index contributed by atoms with van der Waals surface area (Å²) in [5, 5.41) is 26.7. The Hall–Kier alpha value is -2.44. The first-order valence-corrected chi connectivity index (χ1v) is 30.5. The van der Waals surface area contributed by atoms with Crippen LogP contribution in [0.25, 0.3) is 11.2 Å². The monoisotopic (exact) mass is 1100 g/mol. The Morgan fingerprint density at radius 2 is 1.42 bits per heavy atom. The quantitative estimate of drug-likeness (QED) is 0.0247. The number of aliphatic hydroxyl groups excluding tert-OH is 2. The van der Waals surface area contributed by atoms with Gasteiger partial charge in [0.2, 0.25) is 11.8 Å². The lowest BCUT2D eigenvalue weighted by Crippen LogP contribution is -2.46. The summed E-state index contributed by atoms with van der Waals surface area (Å²) in [5.74, 6) is -0.147. The van der Waals surface area contributed by atoms with Crippen molar-refractivity contribution in [2.75, 3.05) is 37.8 Å². The lowest BCUT2D eigenvalue weighted by atomic mass is 9.87. The number of nitrogens with zero attached hydrogens (tertiary/aromatic N) is 4. The van der Waals surface area contributed by atoms with E-state index in [-0.39, 0.29) is 41.6 Å². The topological polar surface area (TPSA) is 364 Å². The molecule has 0 spiro atoms. The van der Waals surface area contributed by atoms with Crippen LogP contribution in [0.3, 0.4) is 0 Å². The second-order valence-corrected chi connectivity index (χ2v) is 24.4. The van der Waals surface area contributed by atoms with Gasteiger partial charge in [-0.3, -0.25) is 32.5 Å². The number of imidazole rings is 1. The van der Waals surface area contributed by atoms with E-state index in [1.54, 1.807) is 0 Å². The number of aromatic nitrogens is 4. The smallest absolute Gasteiger partial charge is 0.386 e. The van der Waals surface area contributed by atoms with E-state index < -0.39 is 84.6 Å². The van der Waals surface area contributed by atoms with Crippen molar-refractivity contribution < 1.29 is 80.5 Å². The molecule has 3 heterocycles. The van der Waals surface area contributed by atoms with Gasteiger partial charge in [-0.1, -0.05) is 149 Å². The van der Waals surface area contributed by atoms with Crippen LogP contribution in [0.2, 0.25) is 0 Å². The summed E-state index contributed by atoms with van der Waals surface area (Å²) in [6.45, 7) is 5.25. The van der Waals surface area contributed by atoms with Crippen molar-refractivity contribution in [3.8, 4) is 0 Å². The van der Waals surface area contributed by atoms with E-state index >= 15 is 0 Å². The first kappa shape index (κ1) is 63.8. The fourth-order valence-electron chi connectivity index (χ4n) is 7.96. The maximum absolute atomic E-state index is 12.8. The molecule has 1 fully saturated rings. The molecule has 0 bridgehead atoms. The van der Waals surface area contributed by atoms with E-state index in [0.29, 0.717) is 12.2 Å². The Balaban J connectivity index is 1.24. The molecular formula is C44H80N7O17P3S. The summed E-state index contributed by atoms with van der Waals surface area (Å²) in [5.41, 5.74) is 4.30. The molecule has 414 valence electrons. The zero-order valence-corrected chi connectivity index (χ0v) is 45.6. The Morgan fingerprint density at radius 3 is 2.03 bits per heavy atom. The maximum atomic E-state index is 12.8. The zero-order chi connectivity index (χ0) is 53.4. The molecule has 1 saturated heterocycles. The van der Waals surface area contributed by atoms with Crippen molar-refractivity contribution in [3.63, 3.8) is 0 Å². The van der Waals surface area contributed by atoms with Crippen LogP contribution in [0.4, 0.5) is 5.82 Å². The van der Waals surface area contributed by atoms with Crippen molar-refractivity contribution in [2.24, 2.45) is 11.3 Å². The number of anilines is 1. The average Bonchev–Trinajstić information content (AvgIpc) is 3.87. The molecule has 24 nitrogen and oxygen atoms in total. The molecule has 1 aliphatic heterocycles. The van der Waals surface area contributed by atoms with Gasteiger partial charge in [0, 0.05) is 37.1 Å². The number of phosphoric acid groups is 3. The van der Waals surface area contributed by atoms with Gasteiger partial charge in [0.15, 0.2) is 22.8 Å². The average molecular weight is 1100 g/mol. The molecule has 8 unspecified atom stereocenters. The summed E-state index contributed by atoms with van der Waals surface area (Å²) < 4.78 is 62.5. The highest BCUT2D eigenvalue weighted by atomic mass is 32.2. The third-order valence-electron chi connectivity index (χ3n) is 12.1. The first-order valence-electron chi connectivity index (χ1n) is 25.0. The standard InChI is InChI=1S/C44H80N7O17P3S/c1-5-6-7-18-21-32(2)22-19-16-14-12-10-8-9-11-13-15-17-20-23-35(53)72-27-26-46-34(52)24-25-47-42(56)39(55)44(3,4)29-65-71(62,63)68-70(60,61)64-28-33-38(67-69(57,58)59)37(54)43(66-33)51-31-50-36-40(45)48-30-49-41(36)51/h30-33,37-39,43,54-55H,5-29H2,1-4H3,(H,46,52)(H,47,56)(H,60,61)(H,62,63)(H2,45,48,49)(H2,57,58,59). The Labute approximate surface area is 426 Å². The molecule has 28 heteroatoms. The second kappa shape index (κ2) is 32.2. The third-order valence-corrected chi connectivity index (χ3v) is 16.2. The van der Waals surface area contributed by atoms with Crippen molar-refractivity contribution >= 4 is 69.1 Å². The molecule has 8 atom stereocenters. The molecule has 2 aromatic heterocycles. The minimum atomic E-state index is -5.58. The minimum Gasteiger partial charge on any atom is -0.386 e. The number of phosphoric ester groups is 3. The number of amides is 2. The van der Waals surface area contributed by atoms with Gasteiger partial charge in [-0.2, -0.15) is 4.31 Å². The van der Waals surface area contributed by atoms with Crippen LogP contribution >= 0.6 is 35.2 Å². The van der Waals surface area contributed by atoms with E-state index in [1.165, 1.54) is 110 Å². The number of hydrogen-bond acceptors (Lipinski definition) is 18. The fraction of sp³-hybridized carbons (Fsp3) is 0.818. The van der Waals surface area contributed by atoms with Crippen LogP contribution in [-0.4, -0.2) is 123 Å². The number of fused-ring (bicyclic) bond motifs is 1. The van der Waals surface area contributed by atoms with Crippen LogP contribution in [0.1, 0.15) is 162 Å². The number of carbonyl (C=O) groups excluding carboxylic acids is 3. The summed E-state index contributed by atoms with van der Waals surface area (Å²) in [6, 6.07) is 0. The van der Waals surface area contributed by atoms with E-state index in [2.05, 4.69) is 48.3 Å². The Morgan fingerprint density at radius 1 is 0.833 bits per heavy atom. The summed E-state index contributed by atoms with van der Waals surface area (Å²) in [4.78, 5) is 88.6. The lowest BCUT2D eigenvalue weighted by molar-refractivity contribution is -0.137. The van der Waals surface area contributed by atoms with Crippen LogP contribution in [0, 0.1) is 11.3 Å². The number of nitrogens with two attached hydrogens (primary N) is 1. The van der Waals surface area contributed by atoms with Gasteiger partial charge >= 0.3 is 23.5 Å². The Bertz CT molecular complexity index is 2100. The maximum Gasteiger partial charge on any atom is 0.481 e. The molecule has 1 aliphatic rings. The van der Waals surface area contributed by atoms with Crippen molar-refractivity contribution in [1.82, 2.24) is 30.2 Å². The minimum absolute atomic E-state index is 0.0343. The normalized spacial score (nSPS) is 20.0. The van der Waals surface area contributed by atoms with E-state index in [4.69, 9.17) is 19.5 Å². The van der Waals surface area contributed by atoms with Gasteiger partial charge in [-0.15, -0.1) is 0 Å². The van der Waals surface area contributed by atoms with Gasteiger partial charge in [0.25, 0.3) is 0 Å². The number of unbranched alkanes of at least 4 members (excludes halogenated alkanes) is 14. The zero-order valence-electron chi connectivity index (χ0n) is 42.1. The fourth-order valence-corrected chi connectivity index (χ4v) is 11.5. The van der Waals surface area contributed by atoms with Crippen molar-refractivity contribution in [1.29, 1.82) is 0 Å². The number of rotatable bonds is 39. The van der Waals surface area contributed by atoms with E-state index in [1.807, 2.05) is 0 Å². The molecule has 2 amide bonds. The van der Waals surface area contributed by atoms with Gasteiger partial charge < -0.3 is 50.9 Å². The number of thioether (sulfide) groups is 1. The number of nitrogens with one attached hydrogen (secondary N) is 2. The predicted molar refractivity (Wildman–Crippen MR) is 270 cm³/mol. The van der Waals surface area contributed by atoms with Gasteiger partial charge in [-0.25, -0.2) is 28.6 Å². The van der Waals surface area contributed by atoms with Crippen LogP contribution in [0.15, 0.2) is 12.7 Å². The van der Waals surface area contributed by atoms with Crippen LogP contribution in [0.5, 0.6) is 0 Å². The highest BCUT2D eigenvalue weighted by molar-refractivity contribution is 8.13. The predicted octanol–water partition coefficient (Wildman–Crippen LogP) is 6.73. The summed E-state index contributed by atoms with van der Waals surface area (Å²) in [7, 11) is -16.4. The molecule has 3 rings (SSSR count). The molecule has 10 N–H and O–H groups in total. The number of nitrogen functional groups attached to an aromatic ring is 1. The van der Waals surface area contributed by atoms with Gasteiger partial charge in [0.05, 0.1) is 19.5 Å². The molecular weight excluding hydrogens is 1020 g/mol. The molecule has 2 aromatic rings.